The predicted octanol–water partition coefficient (Wildman–Crippen LogP) is 3.07. The number of rotatable bonds is 5. The van der Waals surface area contributed by atoms with Crippen LogP contribution in [0.25, 0.3) is 0 Å². The molecule has 1 aromatic carbocycles. The summed E-state index contributed by atoms with van der Waals surface area (Å²) >= 11 is 0. The lowest BCUT2D eigenvalue weighted by molar-refractivity contribution is 0.150. The highest BCUT2D eigenvalue weighted by molar-refractivity contribution is 5.25. The lowest BCUT2D eigenvalue weighted by Crippen LogP contribution is -2.12. The van der Waals surface area contributed by atoms with E-state index in [1.165, 1.54) is 30.6 Å². The molecular formula is C14H17F2N3O. The molecule has 2 rings (SSSR count). The monoisotopic (exact) mass is 281 g/mol. The Balaban J connectivity index is 2.11. The van der Waals surface area contributed by atoms with Gasteiger partial charge in [-0.3, -0.25) is 0 Å². The van der Waals surface area contributed by atoms with Crippen molar-refractivity contribution < 1.29 is 13.9 Å². The van der Waals surface area contributed by atoms with Crippen LogP contribution in [0.5, 0.6) is 0 Å². The van der Waals surface area contributed by atoms with E-state index in [2.05, 4.69) is 10.1 Å². The quantitative estimate of drug-likeness (QED) is 0.916. The number of halogens is 2. The van der Waals surface area contributed by atoms with Crippen molar-refractivity contribution in [3.63, 3.8) is 0 Å². The molecule has 1 N–H and O–H groups in total. The van der Waals surface area contributed by atoms with Crippen molar-refractivity contribution in [2.45, 2.75) is 38.8 Å². The molecular weight excluding hydrogens is 264 g/mol. The molecule has 0 saturated heterocycles. The van der Waals surface area contributed by atoms with Gasteiger partial charge in [-0.25, -0.2) is 18.4 Å². The summed E-state index contributed by atoms with van der Waals surface area (Å²) in [6, 6.07) is 5.85. The van der Waals surface area contributed by atoms with Gasteiger partial charge < -0.3 is 5.11 Å². The third-order valence-electron chi connectivity index (χ3n) is 3.09. The standard InChI is InChI=1S/C14H17F2N3O/c1-9(2)19-13(17-8-18-19)7-12(20)10-3-5-11(6-4-10)14(15)16/h3-6,8-9,12,14,20H,7H2,1-2H3. The van der Waals surface area contributed by atoms with E-state index in [0.717, 1.165) is 0 Å². The van der Waals surface area contributed by atoms with Crippen molar-refractivity contribution in [3.05, 3.63) is 47.5 Å². The zero-order valence-corrected chi connectivity index (χ0v) is 11.4. The number of benzene rings is 1. The minimum absolute atomic E-state index is 0.0497. The van der Waals surface area contributed by atoms with E-state index < -0.39 is 12.5 Å². The van der Waals surface area contributed by atoms with Crippen LogP contribution < -0.4 is 0 Å². The van der Waals surface area contributed by atoms with Crippen LogP contribution in [0.3, 0.4) is 0 Å². The minimum Gasteiger partial charge on any atom is -0.388 e. The zero-order valence-electron chi connectivity index (χ0n) is 11.4. The van der Waals surface area contributed by atoms with Crippen LogP contribution in [-0.2, 0) is 6.42 Å². The molecule has 6 heteroatoms. The van der Waals surface area contributed by atoms with Gasteiger partial charge in [0.15, 0.2) is 0 Å². The second kappa shape index (κ2) is 6.09. The Hall–Kier alpha value is -1.82. The van der Waals surface area contributed by atoms with Gasteiger partial charge in [-0.05, 0) is 19.4 Å². The molecule has 1 aromatic heterocycles. The first-order valence-corrected chi connectivity index (χ1v) is 6.43. The Morgan fingerprint density at radius 2 is 1.75 bits per heavy atom. The van der Waals surface area contributed by atoms with E-state index in [-0.39, 0.29) is 11.6 Å². The Labute approximate surface area is 116 Å². The summed E-state index contributed by atoms with van der Waals surface area (Å²) in [7, 11) is 0. The van der Waals surface area contributed by atoms with Crippen molar-refractivity contribution in [1.29, 1.82) is 0 Å². The highest BCUT2D eigenvalue weighted by Crippen LogP contribution is 2.23. The average molecular weight is 281 g/mol. The normalized spacial score (nSPS) is 13.2. The fourth-order valence-corrected chi connectivity index (χ4v) is 2.01. The van der Waals surface area contributed by atoms with Gasteiger partial charge in [0.05, 0.1) is 6.10 Å². The smallest absolute Gasteiger partial charge is 0.263 e. The summed E-state index contributed by atoms with van der Waals surface area (Å²) in [4.78, 5) is 4.12. The fourth-order valence-electron chi connectivity index (χ4n) is 2.01. The maximum Gasteiger partial charge on any atom is 0.263 e. The first-order chi connectivity index (χ1) is 9.49. The van der Waals surface area contributed by atoms with Crippen molar-refractivity contribution in [1.82, 2.24) is 14.8 Å². The van der Waals surface area contributed by atoms with Gasteiger partial charge in [-0.15, -0.1) is 0 Å². The molecule has 1 heterocycles. The maximum absolute atomic E-state index is 12.5. The van der Waals surface area contributed by atoms with E-state index in [1.807, 2.05) is 13.8 Å². The summed E-state index contributed by atoms with van der Waals surface area (Å²) in [6.45, 7) is 3.95. The summed E-state index contributed by atoms with van der Waals surface area (Å²) in [5, 5.41) is 14.3. The molecule has 108 valence electrons. The van der Waals surface area contributed by atoms with E-state index in [9.17, 15) is 13.9 Å². The molecule has 0 aliphatic heterocycles. The molecule has 4 nitrogen and oxygen atoms in total. The molecule has 2 aromatic rings. The Kier molecular flexibility index (Phi) is 4.44. The molecule has 0 amide bonds. The first kappa shape index (κ1) is 14.6. The molecule has 0 aliphatic carbocycles. The summed E-state index contributed by atoms with van der Waals surface area (Å²) in [5.41, 5.74) is 0.541. The molecule has 20 heavy (non-hydrogen) atoms. The van der Waals surface area contributed by atoms with Crippen molar-refractivity contribution in [3.8, 4) is 0 Å². The molecule has 0 radical (unpaired) electrons. The van der Waals surface area contributed by atoms with Gasteiger partial charge in [0.1, 0.15) is 12.2 Å². The number of aromatic nitrogens is 3. The lowest BCUT2D eigenvalue weighted by atomic mass is 10.0. The van der Waals surface area contributed by atoms with Gasteiger partial charge in [0.25, 0.3) is 6.43 Å². The van der Waals surface area contributed by atoms with Crippen LogP contribution in [0, 0.1) is 0 Å². The van der Waals surface area contributed by atoms with Gasteiger partial charge in [-0.1, -0.05) is 24.3 Å². The van der Waals surface area contributed by atoms with Crippen LogP contribution in [0.4, 0.5) is 8.78 Å². The SMILES string of the molecule is CC(C)n1ncnc1CC(O)c1ccc(C(F)F)cc1. The van der Waals surface area contributed by atoms with Gasteiger partial charge in [0.2, 0.25) is 0 Å². The van der Waals surface area contributed by atoms with Gasteiger partial charge >= 0.3 is 0 Å². The molecule has 0 aliphatic rings. The van der Waals surface area contributed by atoms with Crippen molar-refractivity contribution in [2.75, 3.05) is 0 Å². The molecule has 0 saturated carbocycles. The predicted molar refractivity (Wildman–Crippen MR) is 70.5 cm³/mol. The second-order valence-corrected chi connectivity index (χ2v) is 4.90. The molecule has 0 fully saturated rings. The number of aliphatic hydroxyl groups excluding tert-OH is 1. The van der Waals surface area contributed by atoms with Crippen LogP contribution >= 0.6 is 0 Å². The number of nitrogens with zero attached hydrogens (tertiary/aromatic N) is 3. The summed E-state index contributed by atoms with van der Waals surface area (Å²) in [6.07, 6.45) is -1.54. The van der Waals surface area contributed by atoms with E-state index in [0.29, 0.717) is 17.8 Å². The van der Waals surface area contributed by atoms with E-state index >= 15 is 0 Å². The summed E-state index contributed by atoms with van der Waals surface area (Å²) in [5.74, 6) is 0.672. The van der Waals surface area contributed by atoms with Crippen LogP contribution in [-0.4, -0.2) is 19.9 Å². The number of hydrogen-bond donors (Lipinski definition) is 1. The van der Waals surface area contributed by atoms with Crippen LogP contribution in [0.15, 0.2) is 30.6 Å². The Morgan fingerprint density at radius 1 is 1.15 bits per heavy atom. The Bertz CT molecular complexity index is 552. The van der Waals surface area contributed by atoms with Crippen LogP contribution in [0.2, 0.25) is 0 Å². The maximum atomic E-state index is 12.5. The van der Waals surface area contributed by atoms with Gasteiger partial charge in [-0.2, -0.15) is 5.10 Å². The molecule has 1 unspecified atom stereocenters. The minimum atomic E-state index is -2.50. The van der Waals surface area contributed by atoms with Crippen molar-refractivity contribution >= 4 is 0 Å². The number of alkyl halides is 2. The summed E-state index contributed by atoms with van der Waals surface area (Å²) < 4.78 is 26.7. The average Bonchev–Trinajstić information content (AvgIpc) is 2.87. The topological polar surface area (TPSA) is 50.9 Å². The Morgan fingerprint density at radius 3 is 2.30 bits per heavy atom. The van der Waals surface area contributed by atoms with E-state index in [4.69, 9.17) is 0 Å². The lowest BCUT2D eigenvalue weighted by Gasteiger charge is -2.14. The highest BCUT2D eigenvalue weighted by Gasteiger charge is 2.15. The van der Waals surface area contributed by atoms with Gasteiger partial charge in [0, 0.05) is 18.0 Å². The number of hydrogen-bond acceptors (Lipinski definition) is 3. The van der Waals surface area contributed by atoms with Crippen LogP contribution in [0.1, 0.15) is 49.4 Å². The van der Waals surface area contributed by atoms with E-state index in [1.54, 1.807) is 4.68 Å². The van der Waals surface area contributed by atoms with Crippen molar-refractivity contribution in [2.24, 2.45) is 0 Å². The molecule has 0 spiro atoms. The second-order valence-electron chi connectivity index (χ2n) is 4.90. The first-order valence-electron chi connectivity index (χ1n) is 6.43. The highest BCUT2D eigenvalue weighted by atomic mass is 19.3. The fraction of sp³-hybridized carbons (Fsp3) is 0.429. The largest absolute Gasteiger partial charge is 0.388 e. The molecule has 0 bridgehead atoms. The third-order valence-corrected chi connectivity index (χ3v) is 3.09. The third kappa shape index (κ3) is 3.19. The zero-order chi connectivity index (χ0) is 14.7. The number of aliphatic hydroxyl groups is 1. The molecule has 1 atom stereocenters.